The van der Waals surface area contributed by atoms with Crippen LogP contribution in [-0.2, 0) is 11.4 Å². The van der Waals surface area contributed by atoms with Crippen molar-refractivity contribution in [1.82, 2.24) is 0 Å². The van der Waals surface area contributed by atoms with Crippen molar-refractivity contribution in [2.45, 2.75) is 6.61 Å². The van der Waals surface area contributed by atoms with Crippen molar-refractivity contribution in [3.8, 4) is 17.6 Å². The van der Waals surface area contributed by atoms with Gasteiger partial charge in [0.25, 0.3) is 5.91 Å². The zero-order valence-electron chi connectivity index (χ0n) is 17.8. The molecule has 0 bridgehead atoms. The van der Waals surface area contributed by atoms with Crippen LogP contribution in [0.4, 0.5) is 5.69 Å². The number of methoxy groups -OCH3 is 1. The predicted octanol–water partition coefficient (Wildman–Crippen LogP) is 5.93. The number of nitrogens with one attached hydrogen (secondary N) is 1. The number of carboxylic acids is 1. The lowest BCUT2D eigenvalue weighted by atomic mass is 10.1. The molecule has 0 radical (unpaired) electrons. The first kappa shape index (κ1) is 24.8. The van der Waals surface area contributed by atoms with E-state index in [-0.39, 0.29) is 28.5 Å². The van der Waals surface area contributed by atoms with Gasteiger partial charge in [-0.15, -0.1) is 0 Å². The van der Waals surface area contributed by atoms with Crippen LogP contribution >= 0.6 is 27.5 Å². The third-order valence-corrected chi connectivity index (χ3v) is 5.40. The molecule has 3 aromatic rings. The Labute approximate surface area is 209 Å². The number of rotatable bonds is 8. The molecule has 0 atom stereocenters. The largest absolute Gasteiger partial charge is 0.493 e. The lowest BCUT2D eigenvalue weighted by Crippen LogP contribution is -2.14. The minimum Gasteiger partial charge on any atom is -0.493 e. The van der Waals surface area contributed by atoms with Crippen LogP contribution < -0.4 is 14.8 Å². The van der Waals surface area contributed by atoms with Crippen molar-refractivity contribution in [3.63, 3.8) is 0 Å². The summed E-state index contributed by atoms with van der Waals surface area (Å²) in [4.78, 5) is 23.7. The Kier molecular flexibility index (Phi) is 8.30. The molecule has 0 aromatic heterocycles. The maximum absolute atomic E-state index is 12.6. The molecular weight excluding hydrogens is 524 g/mol. The lowest BCUT2D eigenvalue weighted by molar-refractivity contribution is -0.112. The first-order valence-corrected chi connectivity index (χ1v) is 11.0. The van der Waals surface area contributed by atoms with E-state index < -0.39 is 11.9 Å². The number of halogens is 2. The summed E-state index contributed by atoms with van der Waals surface area (Å²) in [5, 5.41) is 21.4. The van der Waals surface area contributed by atoms with E-state index in [2.05, 4.69) is 21.2 Å². The molecule has 7 nitrogen and oxygen atoms in total. The summed E-state index contributed by atoms with van der Waals surface area (Å²) in [6.07, 6.45) is 1.35. The second kappa shape index (κ2) is 11.4. The molecule has 0 aliphatic heterocycles. The minimum absolute atomic E-state index is 0.00975. The summed E-state index contributed by atoms with van der Waals surface area (Å²) in [5.74, 6) is -1.16. The van der Waals surface area contributed by atoms with Crippen molar-refractivity contribution in [2.24, 2.45) is 0 Å². The molecule has 172 valence electrons. The minimum atomic E-state index is -1.13. The molecule has 0 unspecified atom stereocenters. The fourth-order valence-electron chi connectivity index (χ4n) is 2.94. The van der Waals surface area contributed by atoms with Gasteiger partial charge in [0.05, 0.1) is 17.7 Å². The lowest BCUT2D eigenvalue weighted by Gasteiger charge is -2.14. The number of hydrogen-bond acceptors (Lipinski definition) is 5. The number of anilines is 1. The molecule has 0 saturated carbocycles. The number of ether oxygens (including phenoxy) is 2. The molecule has 0 aliphatic carbocycles. The summed E-state index contributed by atoms with van der Waals surface area (Å²) in [6.45, 7) is 0.264. The standard InChI is InChI=1S/C25H18BrClN2O5/c1-33-22-11-16(10-21(27)23(22)34-14-15-5-7-19(26)8-6-15)9-18(13-28)24(30)29-20-4-2-3-17(12-20)25(31)32/h2-12H,14H2,1H3,(H,29,30)(H,31,32)/b18-9-. The molecule has 34 heavy (non-hydrogen) atoms. The zero-order valence-corrected chi connectivity index (χ0v) is 20.2. The molecule has 1 amide bonds. The van der Waals surface area contributed by atoms with E-state index in [0.717, 1.165) is 10.0 Å². The highest BCUT2D eigenvalue weighted by Gasteiger charge is 2.15. The number of benzene rings is 3. The molecule has 3 aromatic carbocycles. The molecule has 0 fully saturated rings. The van der Waals surface area contributed by atoms with Crippen LogP contribution in [0.5, 0.6) is 11.5 Å². The zero-order chi connectivity index (χ0) is 24.7. The van der Waals surface area contributed by atoms with E-state index in [1.807, 2.05) is 30.3 Å². The Bertz CT molecular complexity index is 1300. The van der Waals surface area contributed by atoms with Crippen molar-refractivity contribution < 1.29 is 24.2 Å². The molecule has 0 saturated heterocycles. The van der Waals surface area contributed by atoms with Gasteiger partial charge in [0.15, 0.2) is 11.5 Å². The van der Waals surface area contributed by atoms with Crippen molar-refractivity contribution >= 4 is 51.2 Å². The first-order chi connectivity index (χ1) is 16.3. The first-order valence-electron chi connectivity index (χ1n) is 9.82. The average molecular weight is 542 g/mol. The van der Waals surface area contributed by atoms with E-state index in [9.17, 15) is 14.9 Å². The highest BCUT2D eigenvalue weighted by Crippen LogP contribution is 2.37. The Morgan fingerprint density at radius 1 is 1.18 bits per heavy atom. The van der Waals surface area contributed by atoms with E-state index >= 15 is 0 Å². The van der Waals surface area contributed by atoms with Gasteiger partial charge in [-0.1, -0.05) is 45.7 Å². The monoisotopic (exact) mass is 540 g/mol. The van der Waals surface area contributed by atoms with Gasteiger partial charge in [0.2, 0.25) is 0 Å². The summed E-state index contributed by atoms with van der Waals surface area (Å²) < 4.78 is 12.2. The topological polar surface area (TPSA) is 109 Å². The summed E-state index contributed by atoms with van der Waals surface area (Å²) in [7, 11) is 1.46. The number of carbonyl (C=O) groups excluding carboxylic acids is 1. The number of amides is 1. The van der Waals surface area contributed by atoms with Gasteiger partial charge < -0.3 is 19.9 Å². The van der Waals surface area contributed by atoms with Gasteiger partial charge in [-0.2, -0.15) is 5.26 Å². The number of carbonyl (C=O) groups is 2. The van der Waals surface area contributed by atoms with Gasteiger partial charge in [-0.3, -0.25) is 4.79 Å². The van der Waals surface area contributed by atoms with E-state index in [0.29, 0.717) is 17.1 Å². The highest BCUT2D eigenvalue weighted by atomic mass is 79.9. The molecule has 2 N–H and O–H groups in total. The van der Waals surface area contributed by atoms with Crippen LogP contribution in [0.1, 0.15) is 21.5 Å². The average Bonchev–Trinajstić information content (AvgIpc) is 2.82. The Morgan fingerprint density at radius 2 is 1.91 bits per heavy atom. The van der Waals surface area contributed by atoms with Gasteiger partial charge >= 0.3 is 5.97 Å². The van der Waals surface area contributed by atoms with E-state index in [4.69, 9.17) is 26.2 Å². The normalized spacial score (nSPS) is 10.8. The Hall–Kier alpha value is -3.80. The predicted molar refractivity (Wildman–Crippen MR) is 132 cm³/mol. The van der Waals surface area contributed by atoms with Crippen LogP contribution in [-0.4, -0.2) is 24.1 Å². The molecular formula is C25H18BrClN2O5. The van der Waals surface area contributed by atoms with Gasteiger partial charge in [0, 0.05) is 10.2 Å². The van der Waals surface area contributed by atoms with Gasteiger partial charge in [-0.05, 0) is 59.7 Å². The van der Waals surface area contributed by atoms with Crippen LogP contribution in [0.25, 0.3) is 6.08 Å². The fraction of sp³-hybridized carbons (Fsp3) is 0.0800. The van der Waals surface area contributed by atoms with Gasteiger partial charge in [-0.25, -0.2) is 4.79 Å². The van der Waals surface area contributed by atoms with Crippen LogP contribution in [0.3, 0.4) is 0 Å². The molecule has 0 heterocycles. The molecule has 0 aliphatic rings. The summed E-state index contributed by atoms with van der Waals surface area (Å²) >= 11 is 9.79. The third-order valence-electron chi connectivity index (χ3n) is 4.59. The number of nitrogens with zero attached hydrogens (tertiary/aromatic N) is 1. The summed E-state index contributed by atoms with van der Waals surface area (Å²) in [6, 6.07) is 18.3. The second-order valence-electron chi connectivity index (χ2n) is 6.96. The second-order valence-corrected chi connectivity index (χ2v) is 8.28. The maximum Gasteiger partial charge on any atom is 0.335 e. The Morgan fingerprint density at radius 3 is 2.56 bits per heavy atom. The van der Waals surface area contributed by atoms with Crippen LogP contribution in [0.2, 0.25) is 5.02 Å². The molecule has 9 heteroatoms. The summed E-state index contributed by atoms with van der Waals surface area (Å²) in [5.41, 5.74) is 1.43. The van der Waals surface area contributed by atoms with Gasteiger partial charge in [0.1, 0.15) is 18.2 Å². The number of nitriles is 1. The van der Waals surface area contributed by atoms with Crippen LogP contribution in [0.15, 0.2) is 70.7 Å². The number of hydrogen-bond donors (Lipinski definition) is 2. The SMILES string of the molecule is COc1cc(/C=C(/C#N)C(=O)Nc2cccc(C(=O)O)c2)cc(Cl)c1OCc1ccc(Br)cc1. The van der Waals surface area contributed by atoms with E-state index in [1.165, 1.54) is 37.5 Å². The number of carboxylic acid groups (broad SMARTS) is 1. The van der Waals surface area contributed by atoms with Crippen molar-refractivity contribution in [1.29, 1.82) is 5.26 Å². The Balaban J connectivity index is 1.81. The fourth-order valence-corrected chi connectivity index (χ4v) is 3.48. The van der Waals surface area contributed by atoms with E-state index in [1.54, 1.807) is 12.1 Å². The number of aromatic carboxylic acids is 1. The molecule has 0 spiro atoms. The van der Waals surface area contributed by atoms with Crippen molar-refractivity contribution in [2.75, 3.05) is 12.4 Å². The van der Waals surface area contributed by atoms with Crippen molar-refractivity contribution in [3.05, 3.63) is 92.4 Å². The smallest absolute Gasteiger partial charge is 0.335 e. The molecule has 3 rings (SSSR count). The third kappa shape index (κ3) is 6.38. The highest BCUT2D eigenvalue weighted by molar-refractivity contribution is 9.10. The maximum atomic E-state index is 12.6. The quantitative estimate of drug-likeness (QED) is 0.270. The van der Waals surface area contributed by atoms with Crippen LogP contribution in [0, 0.1) is 11.3 Å².